The largest absolute Gasteiger partial charge is 0.301 e. The van der Waals surface area contributed by atoms with E-state index in [2.05, 4.69) is 42.4 Å². The number of rotatable bonds is 8. The average molecular weight is 310 g/mol. The van der Waals surface area contributed by atoms with E-state index in [0.717, 1.165) is 18.0 Å². The van der Waals surface area contributed by atoms with E-state index in [0.29, 0.717) is 0 Å². The number of nitrogens with zero attached hydrogens (tertiary/aromatic N) is 3. The molecule has 2 aliphatic heterocycles. The van der Waals surface area contributed by atoms with Crippen LogP contribution in [0, 0.1) is 5.92 Å². The van der Waals surface area contributed by atoms with Crippen molar-refractivity contribution >= 4 is 0 Å². The Morgan fingerprint density at radius 2 is 1.55 bits per heavy atom. The van der Waals surface area contributed by atoms with E-state index in [9.17, 15) is 0 Å². The monoisotopic (exact) mass is 309 g/mol. The lowest BCUT2D eigenvalue weighted by Crippen LogP contribution is -2.49. The molecule has 0 aromatic heterocycles. The predicted molar refractivity (Wildman–Crippen MR) is 96.4 cm³/mol. The first kappa shape index (κ1) is 18.2. The molecule has 0 aromatic rings. The highest BCUT2D eigenvalue weighted by Crippen LogP contribution is 2.23. The van der Waals surface area contributed by atoms with Gasteiger partial charge in [0.2, 0.25) is 0 Å². The normalized spacial score (nSPS) is 25.6. The van der Waals surface area contributed by atoms with Crippen LogP contribution in [0.25, 0.3) is 0 Å². The van der Waals surface area contributed by atoms with Gasteiger partial charge in [-0.25, -0.2) is 0 Å². The topological polar surface area (TPSA) is 9.72 Å². The van der Waals surface area contributed by atoms with Gasteiger partial charge >= 0.3 is 0 Å². The zero-order chi connectivity index (χ0) is 15.9. The second-order valence-electron chi connectivity index (χ2n) is 8.14. The molecular formula is C19H39N3. The van der Waals surface area contributed by atoms with Crippen LogP contribution in [-0.2, 0) is 0 Å². The van der Waals surface area contributed by atoms with Crippen LogP contribution in [0.3, 0.4) is 0 Å². The van der Waals surface area contributed by atoms with Crippen LogP contribution in [0.2, 0.25) is 0 Å². The summed E-state index contributed by atoms with van der Waals surface area (Å²) in [7, 11) is 0. The molecule has 2 heterocycles. The Labute approximate surface area is 139 Å². The Morgan fingerprint density at radius 3 is 2.18 bits per heavy atom. The molecular weight excluding hydrogens is 270 g/mol. The van der Waals surface area contributed by atoms with Crippen molar-refractivity contribution in [3.63, 3.8) is 0 Å². The molecule has 2 fully saturated rings. The molecule has 0 aromatic carbocycles. The summed E-state index contributed by atoms with van der Waals surface area (Å²) in [6.07, 6.45) is 7.03. The molecule has 3 nitrogen and oxygen atoms in total. The number of unbranched alkanes of at least 4 members (excludes halogenated alkanes) is 1. The Hall–Kier alpha value is -0.120. The summed E-state index contributed by atoms with van der Waals surface area (Å²) in [6.45, 7) is 18.5. The Morgan fingerprint density at radius 1 is 0.864 bits per heavy atom. The number of hydrogen-bond donors (Lipinski definition) is 0. The minimum absolute atomic E-state index is 0.718. The Bertz CT molecular complexity index is 295. The Balaban J connectivity index is 1.56. The summed E-state index contributed by atoms with van der Waals surface area (Å²) >= 11 is 0. The highest BCUT2D eigenvalue weighted by atomic mass is 15.3. The Kier molecular flexibility index (Phi) is 7.66. The highest BCUT2D eigenvalue weighted by molar-refractivity contribution is 4.80. The fourth-order valence-electron chi connectivity index (χ4n) is 4.15. The number of hydrogen-bond acceptors (Lipinski definition) is 3. The van der Waals surface area contributed by atoms with Gasteiger partial charge in [0.05, 0.1) is 0 Å². The van der Waals surface area contributed by atoms with Crippen molar-refractivity contribution in [1.82, 2.24) is 14.7 Å². The lowest BCUT2D eigenvalue weighted by molar-refractivity contribution is 0.106. The van der Waals surface area contributed by atoms with E-state index in [-0.39, 0.29) is 0 Å². The third-order valence-electron chi connectivity index (χ3n) is 5.55. The molecule has 130 valence electrons. The van der Waals surface area contributed by atoms with E-state index in [1.807, 2.05) is 0 Å². The van der Waals surface area contributed by atoms with E-state index >= 15 is 0 Å². The van der Waals surface area contributed by atoms with Crippen LogP contribution in [0.5, 0.6) is 0 Å². The minimum atomic E-state index is 0.718. The van der Waals surface area contributed by atoms with Gasteiger partial charge in [-0.15, -0.1) is 0 Å². The van der Waals surface area contributed by atoms with Crippen molar-refractivity contribution < 1.29 is 0 Å². The zero-order valence-corrected chi connectivity index (χ0v) is 15.6. The molecule has 1 atom stereocenters. The third kappa shape index (κ3) is 5.82. The lowest BCUT2D eigenvalue weighted by Gasteiger charge is -2.37. The van der Waals surface area contributed by atoms with Gasteiger partial charge in [-0.1, -0.05) is 13.8 Å². The van der Waals surface area contributed by atoms with Gasteiger partial charge in [0.1, 0.15) is 0 Å². The molecule has 22 heavy (non-hydrogen) atoms. The summed E-state index contributed by atoms with van der Waals surface area (Å²) in [5, 5.41) is 0. The van der Waals surface area contributed by atoms with E-state index in [4.69, 9.17) is 0 Å². The summed E-state index contributed by atoms with van der Waals surface area (Å²) < 4.78 is 0. The van der Waals surface area contributed by atoms with Crippen molar-refractivity contribution in [3.8, 4) is 0 Å². The van der Waals surface area contributed by atoms with Gasteiger partial charge in [0, 0.05) is 38.3 Å². The van der Waals surface area contributed by atoms with E-state index in [1.54, 1.807) is 0 Å². The maximum absolute atomic E-state index is 2.77. The van der Waals surface area contributed by atoms with Crippen LogP contribution in [0.15, 0.2) is 0 Å². The molecule has 3 heteroatoms. The van der Waals surface area contributed by atoms with Crippen LogP contribution in [0.4, 0.5) is 0 Å². The van der Waals surface area contributed by atoms with Crippen molar-refractivity contribution in [2.24, 2.45) is 5.92 Å². The molecule has 2 saturated heterocycles. The van der Waals surface area contributed by atoms with E-state index < -0.39 is 0 Å². The van der Waals surface area contributed by atoms with Crippen molar-refractivity contribution in [2.75, 3.05) is 45.8 Å². The molecule has 0 unspecified atom stereocenters. The van der Waals surface area contributed by atoms with E-state index in [1.165, 1.54) is 77.9 Å². The summed E-state index contributed by atoms with van der Waals surface area (Å²) in [6, 6.07) is 1.60. The molecule has 0 radical (unpaired) electrons. The maximum atomic E-state index is 2.77. The van der Waals surface area contributed by atoms with Gasteiger partial charge < -0.3 is 9.80 Å². The fourth-order valence-corrected chi connectivity index (χ4v) is 4.15. The van der Waals surface area contributed by atoms with Crippen molar-refractivity contribution in [3.05, 3.63) is 0 Å². The second kappa shape index (κ2) is 9.24. The molecule has 0 saturated carbocycles. The SMILES string of the molecule is CC(C)C[C@@H]1CCCN1CCCCN1CCN(C(C)C)CC1. The standard InChI is InChI=1S/C19H39N3/c1-17(2)16-19-8-7-11-22(19)10-6-5-9-20-12-14-21(15-13-20)18(3)4/h17-19H,5-16H2,1-4H3/t19-/m0/s1. The molecule has 0 bridgehead atoms. The quantitative estimate of drug-likeness (QED) is 0.637. The third-order valence-corrected chi connectivity index (χ3v) is 5.55. The molecule has 0 spiro atoms. The van der Waals surface area contributed by atoms with Crippen LogP contribution >= 0.6 is 0 Å². The first-order valence-electron chi connectivity index (χ1n) is 9.76. The van der Waals surface area contributed by atoms with Crippen LogP contribution in [0.1, 0.15) is 59.8 Å². The molecule has 0 amide bonds. The number of piperazine rings is 1. The zero-order valence-electron chi connectivity index (χ0n) is 15.6. The summed E-state index contributed by atoms with van der Waals surface area (Å²) in [5.41, 5.74) is 0. The van der Waals surface area contributed by atoms with Crippen LogP contribution in [-0.4, -0.2) is 72.6 Å². The molecule has 2 rings (SSSR count). The smallest absolute Gasteiger partial charge is 0.0113 e. The van der Waals surface area contributed by atoms with Gasteiger partial charge in [-0.05, 0) is 71.5 Å². The van der Waals surface area contributed by atoms with Crippen molar-refractivity contribution in [2.45, 2.75) is 71.9 Å². The van der Waals surface area contributed by atoms with Gasteiger partial charge in [0.25, 0.3) is 0 Å². The van der Waals surface area contributed by atoms with Gasteiger partial charge in [-0.2, -0.15) is 0 Å². The molecule has 0 aliphatic carbocycles. The van der Waals surface area contributed by atoms with Gasteiger partial charge in [0.15, 0.2) is 0 Å². The average Bonchev–Trinajstić information content (AvgIpc) is 2.90. The molecule has 2 aliphatic rings. The van der Waals surface area contributed by atoms with Crippen LogP contribution < -0.4 is 0 Å². The second-order valence-corrected chi connectivity index (χ2v) is 8.14. The highest BCUT2D eigenvalue weighted by Gasteiger charge is 2.24. The summed E-state index contributed by atoms with van der Waals surface area (Å²) in [4.78, 5) is 8.06. The first-order chi connectivity index (χ1) is 10.6. The number of likely N-dealkylation sites (tertiary alicyclic amines) is 1. The first-order valence-corrected chi connectivity index (χ1v) is 9.76. The minimum Gasteiger partial charge on any atom is -0.301 e. The fraction of sp³-hybridized carbons (Fsp3) is 1.00. The molecule has 0 N–H and O–H groups in total. The maximum Gasteiger partial charge on any atom is 0.0113 e. The van der Waals surface area contributed by atoms with Gasteiger partial charge in [-0.3, -0.25) is 4.90 Å². The lowest BCUT2D eigenvalue weighted by atomic mass is 10.0. The van der Waals surface area contributed by atoms with Crippen molar-refractivity contribution in [1.29, 1.82) is 0 Å². The predicted octanol–water partition coefficient (Wildman–Crippen LogP) is 3.30. The summed E-state index contributed by atoms with van der Waals surface area (Å²) in [5.74, 6) is 0.850.